The smallest absolute Gasteiger partial charge is 0.335 e. The van der Waals surface area contributed by atoms with Crippen LogP contribution >= 0.6 is 0 Å². The van der Waals surface area contributed by atoms with Crippen molar-refractivity contribution in [1.82, 2.24) is 15.1 Å². The molecule has 0 radical (unpaired) electrons. The Morgan fingerprint density at radius 1 is 0.909 bits per heavy atom. The molecule has 0 atom stereocenters. The number of halogens is 1. The van der Waals surface area contributed by atoms with E-state index in [4.69, 9.17) is 0 Å². The van der Waals surface area contributed by atoms with E-state index in [0.29, 0.717) is 47.0 Å². The average Bonchev–Trinajstić information content (AvgIpc) is 3.71. The zero-order valence-corrected chi connectivity index (χ0v) is 23.4. The Bertz CT molecular complexity index is 2160. The molecule has 1 aromatic heterocycles. The highest BCUT2D eigenvalue weighted by molar-refractivity contribution is 6.08. The number of hydrogen-bond acceptors (Lipinski definition) is 4. The molecule has 44 heavy (non-hydrogen) atoms. The van der Waals surface area contributed by atoms with Gasteiger partial charge in [-0.3, -0.25) is 9.48 Å². The van der Waals surface area contributed by atoms with Gasteiger partial charge in [-0.15, -0.1) is 0 Å². The lowest BCUT2D eigenvalue weighted by Crippen LogP contribution is -2.35. The fraction of sp³-hybridized carbons (Fsp3) is 0.111. The van der Waals surface area contributed by atoms with Crippen LogP contribution in [0.2, 0.25) is 0 Å². The molecular weight excluding hydrogens is 555 g/mol. The number of rotatable bonds is 7. The summed E-state index contributed by atoms with van der Waals surface area (Å²) in [7, 11) is 0. The van der Waals surface area contributed by atoms with Crippen molar-refractivity contribution in [2.75, 3.05) is 0 Å². The predicted molar refractivity (Wildman–Crippen MR) is 165 cm³/mol. The van der Waals surface area contributed by atoms with Gasteiger partial charge in [-0.25, -0.2) is 9.18 Å². The fourth-order valence-electron chi connectivity index (χ4n) is 5.85. The number of nitriles is 1. The van der Waals surface area contributed by atoms with Crippen molar-refractivity contribution in [3.8, 4) is 17.2 Å². The van der Waals surface area contributed by atoms with E-state index in [9.17, 15) is 24.3 Å². The van der Waals surface area contributed by atoms with Crippen LogP contribution in [0, 0.1) is 17.1 Å². The molecule has 1 saturated carbocycles. The van der Waals surface area contributed by atoms with Crippen LogP contribution in [0.5, 0.6) is 0 Å². The van der Waals surface area contributed by atoms with E-state index in [1.807, 2.05) is 30.3 Å². The van der Waals surface area contributed by atoms with Crippen molar-refractivity contribution in [3.63, 3.8) is 0 Å². The molecule has 1 fully saturated rings. The molecular formula is C36H25FN4O3. The second-order valence-corrected chi connectivity index (χ2v) is 11.2. The molecule has 0 unspecified atom stereocenters. The molecule has 0 bridgehead atoms. The van der Waals surface area contributed by atoms with Gasteiger partial charge >= 0.3 is 5.97 Å². The Kier molecular flexibility index (Phi) is 6.44. The molecule has 1 amide bonds. The molecule has 1 aliphatic rings. The topological polar surface area (TPSA) is 108 Å². The van der Waals surface area contributed by atoms with Gasteiger partial charge in [-0.2, -0.15) is 10.4 Å². The van der Waals surface area contributed by atoms with Crippen LogP contribution in [0.25, 0.3) is 32.8 Å². The van der Waals surface area contributed by atoms with E-state index in [1.54, 1.807) is 35.1 Å². The monoisotopic (exact) mass is 580 g/mol. The minimum absolute atomic E-state index is 0.176. The Morgan fingerprint density at radius 2 is 1.66 bits per heavy atom. The number of carbonyl (C=O) groups is 2. The third kappa shape index (κ3) is 4.95. The zero-order valence-electron chi connectivity index (χ0n) is 23.4. The van der Waals surface area contributed by atoms with E-state index in [2.05, 4.69) is 34.7 Å². The summed E-state index contributed by atoms with van der Waals surface area (Å²) < 4.78 is 16.2. The molecule has 8 heteroatoms. The summed E-state index contributed by atoms with van der Waals surface area (Å²) in [5.41, 5.74) is 3.65. The molecule has 2 N–H and O–H groups in total. The molecule has 1 heterocycles. The van der Waals surface area contributed by atoms with E-state index in [0.717, 1.165) is 21.9 Å². The maximum absolute atomic E-state index is 14.4. The zero-order chi connectivity index (χ0) is 30.4. The molecule has 6 aromatic rings. The number of aromatic carboxylic acids is 1. The second kappa shape index (κ2) is 10.5. The van der Waals surface area contributed by atoms with E-state index >= 15 is 0 Å². The van der Waals surface area contributed by atoms with E-state index in [-0.39, 0.29) is 17.0 Å². The Hall–Kier alpha value is -5.81. The summed E-state index contributed by atoms with van der Waals surface area (Å²) >= 11 is 0. The Balaban J connectivity index is 1.32. The molecule has 5 aromatic carbocycles. The first-order valence-corrected chi connectivity index (χ1v) is 14.2. The van der Waals surface area contributed by atoms with Crippen LogP contribution in [-0.4, -0.2) is 26.8 Å². The van der Waals surface area contributed by atoms with Crippen molar-refractivity contribution >= 4 is 33.6 Å². The summed E-state index contributed by atoms with van der Waals surface area (Å²) in [5, 5.41) is 29.5. The highest BCUT2D eigenvalue weighted by Gasteiger charge is 2.46. The van der Waals surface area contributed by atoms with Gasteiger partial charge < -0.3 is 10.4 Å². The van der Waals surface area contributed by atoms with Crippen LogP contribution < -0.4 is 5.32 Å². The molecule has 0 saturated heterocycles. The number of fused-ring (bicyclic) bond motifs is 2. The number of aromatic nitrogens is 2. The standard InChI is InChI=1S/C36H25FN4O3/c37-31-15-23(19-38)14-27(17-31)28-16-29-20-39-41(21-22-5-6-24-3-1-2-4-26(24)13-22)33(29)32(18-28)34(42)40-36(11-12-36)30-9-7-25(8-10-30)35(43)44/h1-10,13-18,20H,11-12,21H2,(H,40,42)(H,43,44). The van der Waals surface area contributed by atoms with Gasteiger partial charge in [0.1, 0.15) is 5.82 Å². The molecule has 0 aliphatic heterocycles. The highest BCUT2D eigenvalue weighted by Crippen LogP contribution is 2.46. The third-order valence-electron chi connectivity index (χ3n) is 8.27. The van der Waals surface area contributed by atoms with Crippen LogP contribution in [-0.2, 0) is 12.1 Å². The lowest BCUT2D eigenvalue weighted by atomic mass is 9.97. The first-order chi connectivity index (χ1) is 21.3. The number of carboxylic acid groups (broad SMARTS) is 1. The minimum Gasteiger partial charge on any atom is -0.478 e. The van der Waals surface area contributed by atoms with E-state index in [1.165, 1.54) is 24.3 Å². The Morgan fingerprint density at radius 3 is 2.39 bits per heavy atom. The number of carboxylic acids is 1. The van der Waals surface area contributed by atoms with Crippen LogP contribution in [0.15, 0.2) is 103 Å². The lowest BCUT2D eigenvalue weighted by Gasteiger charge is -2.19. The summed E-state index contributed by atoms with van der Waals surface area (Å²) in [4.78, 5) is 25.5. The summed E-state index contributed by atoms with van der Waals surface area (Å²) in [5.74, 6) is -1.88. The molecule has 0 spiro atoms. The number of nitrogens with one attached hydrogen (secondary N) is 1. The maximum atomic E-state index is 14.4. The number of hydrogen-bond donors (Lipinski definition) is 2. The summed E-state index contributed by atoms with van der Waals surface area (Å²) in [6.07, 6.45) is 3.11. The summed E-state index contributed by atoms with van der Waals surface area (Å²) in [6.45, 7) is 0.425. The van der Waals surface area contributed by atoms with Crippen molar-refractivity contribution in [2.45, 2.75) is 24.9 Å². The van der Waals surface area contributed by atoms with E-state index < -0.39 is 17.3 Å². The average molecular weight is 581 g/mol. The number of benzene rings is 5. The number of nitrogens with zero attached hydrogens (tertiary/aromatic N) is 3. The number of amides is 1. The van der Waals surface area contributed by atoms with Crippen LogP contribution in [0.4, 0.5) is 4.39 Å². The first-order valence-electron chi connectivity index (χ1n) is 14.2. The maximum Gasteiger partial charge on any atom is 0.335 e. The predicted octanol–water partition coefficient (Wildman–Crippen LogP) is 7.03. The minimum atomic E-state index is -1.01. The number of carbonyl (C=O) groups excluding carboxylic acids is 1. The van der Waals surface area contributed by atoms with Gasteiger partial charge in [0.15, 0.2) is 0 Å². The summed E-state index contributed by atoms with van der Waals surface area (Å²) in [6, 6.07) is 30.5. The van der Waals surface area contributed by atoms with Gasteiger partial charge in [0.05, 0.1) is 46.6 Å². The van der Waals surface area contributed by atoms with Crippen LogP contribution in [0.3, 0.4) is 0 Å². The van der Waals surface area contributed by atoms with Gasteiger partial charge in [0.25, 0.3) is 5.91 Å². The van der Waals surface area contributed by atoms with Gasteiger partial charge in [-0.1, -0.05) is 48.5 Å². The largest absolute Gasteiger partial charge is 0.478 e. The third-order valence-corrected chi connectivity index (χ3v) is 8.27. The Labute approximate surface area is 251 Å². The lowest BCUT2D eigenvalue weighted by molar-refractivity contribution is 0.0696. The highest BCUT2D eigenvalue weighted by atomic mass is 19.1. The van der Waals surface area contributed by atoms with Crippen LogP contribution in [0.1, 0.15) is 50.2 Å². The molecule has 7 rings (SSSR count). The van der Waals surface area contributed by atoms with Crippen molar-refractivity contribution in [2.24, 2.45) is 0 Å². The normalized spacial score (nSPS) is 13.5. The second-order valence-electron chi connectivity index (χ2n) is 11.2. The SMILES string of the molecule is N#Cc1cc(F)cc(-c2cc(C(=O)NC3(c4ccc(C(=O)O)cc4)CC3)c3c(cnn3Cc3ccc4ccccc4c3)c2)c1. The van der Waals surface area contributed by atoms with Gasteiger partial charge in [0, 0.05) is 5.39 Å². The van der Waals surface area contributed by atoms with Gasteiger partial charge in [-0.05, 0) is 94.4 Å². The van der Waals surface area contributed by atoms with Gasteiger partial charge in [0.2, 0.25) is 0 Å². The van der Waals surface area contributed by atoms with Crippen molar-refractivity contribution < 1.29 is 19.1 Å². The van der Waals surface area contributed by atoms with Crippen molar-refractivity contribution in [1.29, 1.82) is 5.26 Å². The molecule has 1 aliphatic carbocycles. The van der Waals surface area contributed by atoms with Crippen molar-refractivity contribution in [3.05, 3.63) is 137 Å². The quantitative estimate of drug-likeness (QED) is 0.211. The molecule has 214 valence electrons. The molecule has 7 nitrogen and oxygen atoms in total. The first kappa shape index (κ1) is 27.0. The fourth-order valence-corrected chi connectivity index (χ4v) is 5.85.